The van der Waals surface area contributed by atoms with Gasteiger partial charge in [-0.05, 0) is 19.1 Å². The number of methoxy groups -OCH3 is 1. The summed E-state index contributed by atoms with van der Waals surface area (Å²) in [4.78, 5) is 28.8. The highest BCUT2D eigenvalue weighted by Crippen LogP contribution is 2.16. The molecule has 0 saturated carbocycles. The van der Waals surface area contributed by atoms with E-state index < -0.39 is 18.5 Å². The summed E-state index contributed by atoms with van der Waals surface area (Å²) in [5, 5.41) is 5.56. The Morgan fingerprint density at radius 3 is 1.85 bits per heavy atom. The van der Waals surface area contributed by atoms with Crippen LogP contribution in [0.1, 0.15) is 6.92 Å². The molecule has 0 radical (unpaired) electrons. The van der Waals surface area contributed by atoms with Gasteiger partial charge in [0.1, 0.15) is 0 Å². The van der Waals surface area contributed by atoms with Crippen LogP contribution in [-0.4, -0.2) is 31.4 Å². The van der Waals surface area contributed by atoms with Crippen LogP contribution in [0, 0.1) is 0 Å². The number of benzene rings is 3. The number of urea groups is 1. The lowest BCUT2D eigenvalue weighted by Crippen LogP contribution is -3.03. The lowest BCUT2D eigenvalue weighted by molar-refractivity contribution is -0.326. The Labute approximate surface area is 192 Å². The SMILES string of the molecule is COC(=O)C1=C(C)O[B-](c2ccccc2)(c2ccccc2)[NH+]=C1NC(=O)Nc1ccccc1. The summed E-state index contributed by atoms with van der Waals surface area (Å²) >= 11 is 0. The Morgan fingerprint density at radius 2 is 1.33 bits per heavy atom. The number of esters is 1. The molecule has 0 atom stereocenters. The van der Waals surface area contributed by atoms with E-state index >= 15 is 0 Å². The van der Waals surface area contributed by atoms with Gasteiger partial charge in [0.25, 0.3) is 5.84 Å². The van der Waals surface area contributed by atoms with E-state index in [1.54, 1.807) is 19.1 Å². The standard InChI is InChI=1S/C25H24BN3O4/c1-18-22(24(30)32-2)23(28-25(31)27-21-16-10-5-11-17-21)29-26(33-18,19-12-6-3-7-13-19)20-14-8-4-9-15-20/h3-17,29H,1-2H3,(H2,27,28,31). The second kappa shape index (κ2) is 9.44. The van der Waals surface area contributed by atoms with Crippen molar-refractivity contribution in [2.24, 2.45) is 0 Å². The van der Waals surface area contributed by atoms with Crippen molar-refractivity contribution >= 4 is 40.9 Å². The molecule has 0 aliphatic carbocycles. The minimum atomic E-state index is -2.05. The van der Waals surface area contributed by atoms with Crippen molar-refractivity contribution in [1.82, 2.24) is 5.32 Å². The van der Waals surface area contributed by atoms with Crippen LogP contribution in [0.4, 0.5) is 10.5 Å². The molecule has 8 heteroatoms. The summed E-state index contributed by atoms with van der Waals surface area (Å²) in [5.41, 5.74) is 2.44. The zero-order chi connectivity index (χ0) is 23.3. The number of hydrogen-bond acceptors (Lipinski definition) is 4. The molecule has 3 aromatic carbocycles. The first-order valence-electron chi connectivity index (χ1n) is 10.6. The van der Waals surface area contributed by atoms with Gasteiger partial charge in [-0.25, -0.2) is 9.59 Å². The quantitative estimate of drug-likeness (QED) is 0.417. The van der Waals surface area contributed by atoms with Crippen molar-refractivity contribution in [3.8, 4) is 0 Å². The van der Waals surface area contributed by atoms with Crippen molar-refractivity contribution in [2.45, 2.75) is 6.92 Å². The Hall–Kier alpha value is -4.33. The molecular formula is C25H24BN3O4. The molecule has 3 aromatic rings. The fraction of sp³-hybridized carbons (Fsp3) is 0.0800. The molecular weight excluding hydrogens is 417 g/mol. The predicted octanol–water partition coefficient (Wildman–Crippen LogP) is 1.02. The number of carbonyl (C=O) groups is 2. The molecule has 0 saturated heterocycles. The van der Waals surface area contributed by atoms with E-state index in [0.717, 1.165) is 10.9 Å². The van der Waals surface area contributed by atoms with Gasteiger partial charge >= 0.3 is 18.5 Å². The molecule has 3 N–H and O–H groups in total. The molecule has 1 heterocycles. The van der Waals surface area contributed by atoms with Gasteiger partial charge in [0, 0.05) is 5.69 Å². The summed E-state index contributed by atoms with van der Waals surface area (Å²) in [7, 11) is 1.28. The van der Waals surface area contributed by atoms with E-state index in [0.29, 0.717) is 11.4 Å². The molecule has 0 fully saturated rings. The molecule has 1 aliphatic heterocycles. The second-order valence-corrected chi connectivity index (χ2v) is 7.61. The van der Waals surface area contributed by atoms with Crippen LogP contribution in [-0.2, 0) is 14.2 Å². The highest BCUT2D eigenvalue weighted by atomic mass is 16.5. The number of rotatable bonds is 4. The topological polar surface area (TPSA) is 90.6 Å². The third-order valence-corrected chi connectivity index (χ3v) is 5.50. The summed E-state index contributed by atoms with van der Waals surface area (Å²) in [6.45, 7) is -0.365. The number of hydrogen-bond donors (Lipinski definition) is 3. The van der Waals surface area contributed by atoms with Crippen molar-refractivity contribution < 1.29 is 23.9 Å². The number of amides is 2. The summed E-state index contributed by atoms with van der Waals surface area (Å²) in [6.07, 6.45) is 0. The van der Waals surface area contributed by atoms with Crippen molar-refractivity contribution in [3.05, 3.63) is 102 Å². The molecule has 33 heavy (non-hydrogen) atoms. The number of allylic oxidation sites excluding steroid dienone is 1. The van der Waals surface area contributed by atoms with Gasteiger partial charge in [0.05, 0.1) is 12.9 Å². The van der Waals surface area contributed by atoms with Crippen LogP contribution >= 0.6 is 0 Å². The minimum absolute atomic E-state index is 0.116. The lowest BCUT2D eigenvalue weighted by Gasteiger charge is -2.40. The molecule has 7 nitrogen and oxygen atoms in total. The molecule has 0 aromatic heterocycles. The average molecular weight is 441 g/mol. The monoisotopic (exact) mass is 441 g/mol. The van der Waals surface area contributed by atoms with Gasteiger partial charge in [-0.15, -0.1) is 10.9 Å². The Morgan fingerprint density at radius 1 is 0.818 bits per heavy atom. The first-order valence-corrected chi connectivity index (χ1v) is 10.6. The van der Waals surface area contributed by atoms with Crippen LogP contribution in [0.2, 0.25) is 0 Å². The molecule has 166 valence electrons. The first-order chi connectivity index (χ1) is 16.0. The predicted molar refractivity (Wildman–Crippen MR) is 128 cm³/mol. The van der Waals surface area contributed by atoms with Gasteiger partial charge in [0.15, 0.2) is 5.57 Å². The normalized spacial score (nSPS) is 14.5. The van der Waals surface area contributed by atoms with E-state index in [9.17, 15) is 9.59 Å². The number of carbonyl (C=O) groups excluding carboxylic acids is 2. The highest BCUT2D eigenvalue weighted by molar-refractivity contribution is 6.91. The van der Waals surface area contributed by atoms with Crippen LogP contribution in [0.25, 0.3) is 0 Å². The third-order valence-electron chi connectivity index (χ3n) is 5.50. The summed E-state index contributed by atoms with van der Waals surface area (Å²) in [6, 6.07) is 27.8. The Kier molecular flexibility index (Phi) is 6.26. The molecule has 0 unspecified atom stereocenters. The molecule has 4 rings (SSSR count). The molecule has 0 spiro atoms. The fourth-order valence-electron chi connectivity index (χ4n) is 3.99. The van der Waals surface area contributed by atoms with Crippen molar-refractivity contribution in [2.75, 3.05) is 12.4 Å². The zero-order valence-corrected chi connectivity index (χ0v) is 18.4. The maximum Gasteiger partial charge on any atom is 0.416 e. The number of para-hydroxylation sites is 1. The van der Waals surface area contributed by atoms with E-state index in [-0.39, 0.29) is 11.4 Å². The first kappa shape index (κ1) is 21.9. The van der Waals surface area contributed by atoms with E-state index in [1.807, 2.05) is 78.9 Å². The maximum absolute atomic E-state index is 12.8. The van der Waals surface area contributed by atoms with Gasteiger partial charge in [-0.3, -0.25) is 5.32 Å². The fourth-order valence-corrected chi connectivity index (χ4v) is 3.99. The van der Waals surface area contributed by atoms with E-state index in [4.69, 9.17) is 9.39 Å². The number of nitrogens with one attached hydrogen (secondary N) is 3. The van der Waals surface area contributed by atoms with Crippen LogP contribution in [0.3, 0.4) is 0 Å². The summed E-state index contributed by atoms with van der Waals surface area (Å²) < 4.78 is 11.4. The third kappa shape index (κ3) is 4.50. The number of anilines is 1. The summed E-state index contributed by atoms with van der Waals surface area (Å²) in [5.74, 6) is -0.0874. The minimum Gasteiger partial charge on any atom is -0.674 e. The van der Waals surface area contributed by atoms with Crippen molar-refractivity contribution in [1.29, 1.82) is 0 Å². The smallest absolute Gasteiger partial charge is 0.416 e. The number of ether oxygens (including phenoxy) is 1. The lowest BCUT2D eigenvalue weighted by atomic mass is 9.42. The van der Waals surface area contributed by atoms with Crippen LogP contribution < -0.4 is 26.5 Å². The van der Waals surface area contributed by atoms with Crippen molar-refractivity contribution in [3.63, 3.8) is 0 Å². The van der Waals surface area contributed by atoms with Gasteiger partial charge in [-0.2, -0.15) is 5.32 Å². The molecule has 0 bridgehead atoms. The molecule has 1 aliphatic rings. The average Bonchev–Trinajstić information content (AvgIpc) is 2.85. The number of amidine groups is 1. The highest BCUT2D eigenvalue weighted by Gasteiger charge is 2.43. The largest absolute Gasteiger partial charge is 0.674 e. The maximum atomic E-state index is 12.8. The second-order valence-electron chi connectivity index (χ2n) is 7.61. The molecule has 2 amide bonds. The Balaban J connectivity index is 1.82. The van der Waals surface area contributed by atoms with Crippen LogP contribution in [0.15, 0.2) is 102 Å². The van der Waals surface area contributed by atoms with E-state index in [1.165, 1.54) is 7.11 Å². The Bertz CT molecular complexity index is 1170. The van der Waals surface area contributed by atoms with E-state index in [2.05, 4.69) is 15.5 Å². The van der Waals surface area contributed by atoms with Crippen LogP contribution in [0.5, 0.6) is 0 Å². The van der Waals surface area contributed by atoms with Gasteiger partial charge in [0.2, 0.25) is 0 Å². The van der Waals surface area contributed by atoms with Gasteiger partial charge in [-0.1, -0.05) is 78.9 Å². The zero-order valence-electron chi connectivity index (χ0n) is 18.4. The van der Waals surface area contributed by atoms with Gasteiger partial charge < -0.3 is 14.3 Å².